The summed E-state index contributed by atoms with van der Waals surface area (Å²) in [7, 11) is 0. The van der Waals surface area contributed by atoms with E-state index in [0.717, 1.165) is 22.7 Å². The van der Waals surface area contributed by atoms with Gasteiger partial charge in [0.2, 0.25) is 0 Å². The van der Waals surface area contributed by atoms with E-state index in [1.165, 1.54) is 86.1 Å². The third-order valence-electron chi connectivity index (χ3n) is 12.2. The molecule has 12 rings (SSSR count). The number of hydrogen-bond acceptors (Lipinski definition) is 2. The maximum Gasteiger partial charge on any atom is 0.0541 e. The number of fused-ring (bicyclic) bond motifs is 7. The second-order valence-electron chi connectivity index (χ2n) is 15.7. The Labute approximate surface area is 358 Å². The Morgan fingerprint density at radius 3 is 1.75 bits per heavy atom. The first-order valence-corrected chi connectivity index (χ1v) is 21.6. The quantitative estimate of drug-likeness (QED) is 0.156. The molecule has 0 fully saturated rings. The van der Waals surface area contributed by atoms with Crippen molar-refractivity contribution in [3.63, 3.8) is 0 Å². The van der Waals surface area contributed by atoms with Crippen molar-refractivity contribution < 1.29 is 0 Å². The molecule has 12 aromatic rings. The fourth-order valence-corrected chi connectivity index (χ4v) is 10.4. The molecule has 0 radical (unpaired) electrons. The van der Waals surface area contributed by atoms with Crippen molar-refractivity contribution >= 4 is 81.1 Å². The van der Waals surface area contributed by atoms with Crippen LogP contribution in [0.4, 0.5) is 17.1 Å². The minimum absolute atomic E-state index is 1.08. The maximum atomic E-state index is 2.43. The van der Waals surface area contributed by atoms with Crippen LogP contribution in [0.5, 0.6) is 0 Å². The number of benzene rings is 10. The molecule has 0 unspecified atom stereocenters. The molecular formula is C58H38N2S. The Bertz CT molecular complexity index is 3560. The molecule has 10 aromatic carbocycles. The molecule has 2 heterocycles. The molecule has 0 aliphatic carbocycles. The molecule has 0 saturated carbocycles. The summed E-state index contributed by atoms with van der Waals surface area (Å²) >= 11 is 1.86. The molecule has 3 heteroatoms. The predicted molar refractivity (Wildman–Crippen MR) is 262 cm³/mol. The van der Waals surface area contributed by atoms with E-state index in [2.05, 4.69) is 240 Å². The SMILES string of the molecule is c1cc(-c2ccc(N(c3cccc(-n4c5ccccc5c5ccccc54)c3)c3ccccc3-c3ccc4c(c3)sc3ccccc34)cc2)cc(-c2ccc3ccccc3c2)c1. The average molecular weight is 795 g/mol. The normalized spacial score (nSPS) is 11.6. The lowest BCUT2D eigenvalue weighted by atomic mass is 9.97. The summed E-state index contributed by atoms with van der Waals surface area (Å²) in [6.07, 6.45) is 0. The summed E-state index contributed by atoms with van der Waals surface area (Å²) in [6, 6.07) is 84.3. The Morgan fingerprint density at radius 1 is 0.328 bits per heavy atom. The summed E-state index contributed by atoms with van der Waals surface area (Å²) < 4.78 is 5.01. The van der Waals surface area contributed by atoms with E-state index >= 15 is 0 Å². The first kappa shape index (κ1) is 35.2. The van der Waals surface area contributed by atoms with Gasteiger partial charge in [-0.25, -0.2) is 0 Å². The number of hydrogen-bond donors (Lipinski definition) is 0. The van der Waals surface area contributed by atoms with Gasteiger partial charge >= 0.3 is 0 Å². The van der Waals surface area contributed by atoms with Gasteiger partial charge < -0.3 is 9.47 Å². The third-order valence-corrected chi connectivity index (χ3v) is 13.3. The van der Waals surface area contributed by atoms with Gasteiger partial charge in [-0.1, -0.05) is 158 Å². The molecule has 61 heavy (non-hydrogen) atoms. The molecule has 0 atom stereocenters. The smallest absolute Gasteiger partial charge is 0.0541 e. The van der Waals surface area contributed by atoms with Gasteiger partial charge in [0.25, 0.3) is 0 Å². The molecule has 2 aromatic heterocycles. The molecule has 0 bridgehead atoms. The highest BCUT2D eigenvalue weighted by atomic mass is 32.1. The van der Waals surface area contributed by atoms with Crippen LogP contribution >= 0.6 is 11.3 Å². The fourth-order valence-electron chi connectivity index (χ4n) is 9.26. The molecular weight excluding hydrogens is 757 g/mol. The highest BCUT2D eigenvalue weighted by Crippen LogP contribution is 2.44. The topological polar surface area (TPSA) is 8.17 Å². The zero-order valence-electron chi connectivity index (χ0n) is 33.2. The Morgan fingerprint density at radius 2 is 0.934 bits per heavy atom. The summed E-state index contributed by atoms with van der Waals surface area (Å²) in [6.45, 7) is 0. The summed E-state index contributed by atoms with van der Waals surface area (Å²) in [4.78, 5) is 2.43. The van der Waals surface area contributed by atoms with Gasteiger partial charge in [-0.15, -0.1) is 11.3 Å². The first-order chi connectivity index (χ1) is 30.2. The van der Waals surface area contributed by atoms with E-state index in [1.807, 2.05) is 11.3 Å². The zero-order chi connectivity index (χ0) is 40.3. The van der Waals surface area contributed by atoms with Gasteiger partial charge in [-0.3, -0.25) is 0 Å². The number of nitrogens with zero attached hydrogens (tertiary/aromatic N) is 2. The summed E-state index contributed by atoms with van der Waals surface area (Å²) in [5.41, 5.74) is 14.0. The molecule has 286 valence electrons. The lowest BCUT2D eigenvalue weighted by Crippen LogP contribution is -2.11. The van der Waals surface area contributed by atoms with Crippen molar-refractivity contribution in [2.24, 2.45) is 0 Å². The van der Waals surface area contributed by atoms with Crippen molar-refractivity contribution in [1.82, 2.24) is 4.57 Å². The van der Waals surface area contributed by atoms with Gasteiger partial charge in [0.1, 0.15) is 0 Å². The van der Waals surface area contributed by atoms with Crippen molar-refractivity contribution in [3.8, 4) is 39.1 Å². The second-order valence-corrected chi connectivity index (χ2v) is 16.8. The first-order valence-electron chi connectivity index (χ1n) is 20.8. The van der Waals surface area contributed by atoms with Crippen LogP contribution in [0.2, 0.25) is 0 Å². The van der Waals surface area contributed by atoms with Gasteiger partial charge in [-0.05, 0) is 111 Å². The van der Waals surface area contributed by atoms with Gasteiger partial charge in [0.05, 0.1) is 16.7 Å². The van der Waals surface area contributed by atoms with Crippen LogP contribution in [0.1, 0.15) is 0 Å². The molecule has 2 nitrogen and oxygen atoms in total. The minimum Gasteiger partial charge on any atom is -0.310 e. The lowest BCUT2D eigenvalue weighted by Gasteiger charge is -2.28. The maximum absolute atomic E-state index is 2.43. The molecule has 0 spiro atoms. The lowest BCUT2D eigenvalue weighted by molar-refractivity contribution is 1.17. The summed E-state index contributed by atoms with van der Waals surface area (Å²) in [5.74, 6) is 0. The highest BCUT2D eigenvalue weighted by Gasteiger charge is 2.20. The van der Waals surface area contributed by atoms with Crippen LogP contribution < -0.4 is 4.90 Å². The van der Waals surface area contributed by atoms with E-state index in [-0.39, 0.29) is 0 Å². The van der Waals surface area contributed by atoms with Crippen LogP contribution in [0.15, 0.2) is 231 Å². The molecule has 0 aliphatic rings. The number of anilines is 3. The average Bonchev–Trinajstić information content (AvgIpc) is 3.87. The van der Waals surface area contributed by atoms with Crippen LogP contribution in [0, 0.1) is 0 Å². The standard InChI is InChI=1S/C58H38N2S/c1-2-14-41-36-44(28-27-39(41)13-1)43-16-11-15-42(35-43)40-29-32-46(33-30-40)59(47-17-12-18-48(38-47)60-55-24-8-4-20-50(55)51-21-5-9-25-56(51)60)54-23-7-3-19-49(54)45-31-34-53-52-22-6-10-26-57(52)61-58(53)37-45/h1-38H. The third kappa shape index (κ3) is 6.09. The number of rotatable bonds is 7. The van der Waals surface area contributed by atoms with E-state index in [0.29, 0.717) is 0 Å². The Kier molecular flexibility index (Phi) is 8.39. The van der Waals surface area contributed by atoms with Crippen molar-refractivity contribution in [3.05, 3.63) is 231 Å². The monoisotopic (exact) mass is 794 g/mol. The number of para-hydroxylation sites is 3. The van der Waals surface area contributed by atoms with Crippen molar-refractivity contribution in [1.29, 1.82) is 0 Å². The number of aromatic nitrogens is 1. The van der Waals surface area contributed by atoms with Crippen molar-refractivity contribution in [2.75, 3.05) is 4.90 Å². The largest absolute Gasteiger partial charge is 0.310 e. The Hall–Kier alpha value is -7.72. The predicted octanol–water partition coefficient (Wildman–Crippen LogP) is 16.8. The zero-order valence-corrected chi connectivity index (χ0v) is 34.1. The van der Waals surface area contributed by atoms with E-state index in [4.69, 9.17) is 0 Å². The minimum atomic E-state index is 1.08. The Balaban J connectivity index is 1.00. The van der Waals surface area contributed by atoms with Crippen LogP contribution in [0.25, 0.3) is 91.8 Å². The molecule has 0 aliphatic heterocycles. The van der Waals surface area contributed by atoms with Gasteiger partial charge in [0.15, 0.2) is 0 Å². The summed E-state index contributed by atoms with van der Waals surface area (Å²) in [5, 5.41) is 7.63. The fraction of sp³-hybridized carbons (Fsp3) is 0. The molecule has 0 saturated heterocycles. The van der Waals surface area contributed by atoms with Gasteiger partial charge in [-0.2, -0.15) is 0 Å². The highest BCUT2D eigenvalue weighted by molar-refractivity contribution is 7.25. The van der Waals surface area contributed by atoms with E-state index < -0.39 is 0 Å². The van der Waals surface area contributed by atoms with Crippen LogP contribution in [-0.4, -0.2) is 4.57 Å². The van der Waals surface area contributed by atoms with Gasteiger partial charge in [0, 0.05) is 53.6 Å². The van der Waals surface area contributed by atoms with Crippen LogP contribution in [-0.2, 0) is 0 Å². The molecule has 0 N–H and O–H groups in total. The second kappa shape index (κ2) is 14.5. The van der Waals surface area contributed by atoms with E-state index in [9.17, 15) is 0 Å². The molecule has 0 amide bonds. The van der Waals surface area contributed by atoms with Crippen molar-refractivity contribution in [2.45, 2.75) is 0 Å². The van der Waals surface area contributed by atoms with E-state index in [1.54, 1.807) is 0 Å². The van der Waals surface area contributed by atoms with Crippen LogP contribution in [0.3, 0.4) is 0 Å². The number of thiophene rings is 1.